The molecule has 0 spiro atoms. The molecule has 0 saturated carbocycles. The fraction of sp³-hybridized carbons (Fsp3) is 0.419. The Labute approximate surface area is 321 Å². The number of allylic oxidation sites excluding steroid dienone is 10. The van der Waals surface area contributed by atoms with Crippen molar-refractivity contribution in [3.8, 4) is 5.75 Å². The van der Waals surface area contributed by atoms with E-state index in [0.29, 0.717) is 35.2 Å². The molecule has 0 bridgehead atoms. The Morgan fingerprint density at radius 1 is 0.846 bits per heavy atom. The molecule has 1 aliphatic heterocycles. The fourth-order valence-electron chi connectivity index (χ4n) is 5.24. The molecule has 2 aromatic carbocycles. The van der Waals surface area contributed by atoms with Crippen LogP contribution in [0.4, 0.5) is 11.4 Å². The van der Waals surface area contributed by atoms with E-state index in [9.17, 15) is 9.90 Å². The minimum Gasteiger partial charge on any atom is -0.494 e. The summed E-state index contributed by atoms with van der Waals surface area (Å²) in [6, 6.07) is 11.3. The summed E-state index contributed by atoms with van der Waals surface area (Å²) < 4.78 is 11.6. The normalized spacial score (nSPS) is 14.5. The molecule has 0 fully saturated rings. The van der Waals surface area contributed by atoms with E-state index in [1.54, 1.807) is 17.0 Å². The number of nitrogens with one attached hydrogen (secondary N) is 2. The minimum atomic E-state index is -0.892. The molecule has 9 heteroatoms. The first-order chi connectivity index (χ1) is 25.5. The topological polar surface area (TPSA) is 83.1 Å². The molecule has 0 aromatic heterocycles. The van der Waals surface area contributed by atoms with Crippen molar-refractivity contribution in [2.45, 2.75) is 83.8 Å². The number of hydrogen-bond donors (Lipinski definition) is 3. The number of esters is 1. The molecule has 1 aliphatic rings. The summed E-state index contributed by atoms with van der Waals surface area (Å²) in [6.45, 7) is 5.14. The van der Waals surface area contributed by atoms with Crippen LogP contribution in [0.1, 0.15) is 83.1 Å². The van der Waals surface area contributed by atoms with Gasteiger partial charge in [0.1, 0.15) is 12.0 Å². The third-order valence-corrected chi connectivity index (χ3v) is 8.98. The molecule has 52 heavy (non-hydrogen) atoms. The molecular formula is C43H57Cl2N3O4. The molecule has 0 radical (unpaired) electrons. The maximum Gasteiger partial charge on any atom is 0.307 e. The minimum absolute atomic E-state index is 0.0351. The summed E-state index contributed by atoms with van der Waals surface area (Å²) in [4.78, 5) is 14.1. The summed E-state index contributed by atoms with van der Waals surface area (Å²) >= 11 is 12.3. The van der Waals surface area contributed by atoms with Crippen LogP contribution in [0.15, 0.2) is 103 Å². The van der Waals surface area contributed by atoms with Crippen molar-refractivity contribution >= 4 is 46.6 Å². The van der Waals surface area contributed by atoms with E-state index >= 15 is 0 Å². The SMILES string of the molecule is CCC/C=C\C/C=C\C/C=C\C/C=C\C/C=C\CCCC(=O)OCN1c2cc(OCCCCNCCNc3cccc(Cl)c3Cl)ccc2C=CC1O. The van der Waals surface area contributed by atoms with Crippen molar-refractivity contribution in [2.24, 2.45) is 0 Å². The second-order valence-electron chi connectivity index (χ2n) is 12.4. The van der Waals surface area contributed by atoms with Crippen molar-refractivity contribution in [3.63, 3.8) is 0 Å². The van der Waals surface area contributed by atoms with Crippen molar-refractivity contribution in [1.82, 2.24) is 5.32 Å². The summed E-state index contributed by atoms with van der Waals surface area (Å²) in [5.41, 5.74) is 2.53. The molecule has 2 aromatic rings. The number of carbonyl (C=O) groups excluding carboxylic acids is 1. The monoisotopic (exact) mass is 749 g/mol. The van der Waals surface area contributed by atoms with Gasteiger partial charge in [0.05, 0.1) is 28.0 Å². The van der Waals surface area contributed by atoms with E-state index in [2.05, 4.69) is 78.3 Å². The smallest absolute Gasteiger partial charge is 0.307 e. The van der Waals surface area contributed by atoms with Gasteiger partial charge >= 0.3 is 5.97 Å². The molecule has 0 amide bonds. The first-order valence-electron chi connectivity index (χ1n) is 18.7. The van der Waals surface area contributed by atoms with Gasteiger partial charge < -0.3 is 30.1 Å². The maximum atomic E-state index is 12.5. The number of anilines is 2. The lowest BCUT2D eigenvalue weighted by atomic mass is 10.1. The van der Waals surface area contributed by atoms with Gasteiger partial charge in [0, 0.05) is 25.6 Å². The van der Waals surface area contributed by atoms with Gasteiger partial charge in [-0.15, -0.1) is 0 Å². The molecule has 1 atom stereocenters. The van der Waals surface area contributed by atoms with E-state index in [1.807, 2.05) is 36.4 Å². The molecule has 3 N–H and O–H groups in total. The number of aliphatic hydroxyl groups is 1. The van der Waals surface area contributed by atoms with E-state index in [4.69, 9.17) is 32.7 Å². The van der Waals surface area contributed by atoms with Crippen LogP contribution in [0.3, 0.4) is 0 Å². The lowest BCUT2D eigenvalue weighted by molar-refractivity contribution is -0.144. The summed E-state index contributed by atoms with van der Waals surface area (Å²) in [6.07, 6.45) is 34.4. The molecule has 3 rings (SSSR count). The van der Waals surface area contributed by atoms with Crippen LogP contribution < -0.4 is 20.3 Å². The number of carbonyl (C=O) groups is 1. The largest absolute Gasteiger partial charge is 0.494 e. The Hall–Kier alpha value is -3.75. The van der Waals surface area contributed by atoms with Crippen LogP contribution in [0.25, 0.3) is 6.08 Å². The maximum absolute atomic E-state index is 12.5. The first-order valence-corrected chi connectivity index (χ1v) is 19.4. The van der Waals surface area contributed by atoms with Crippen LogP contribution in [0, 0.1) is 0 Å². The molecule has 1 heterocycles. The third kappa shape index (κ3) is 17.6. The Morgan fingerprint density at radius 2 is 1.54 bits per heavy atom. The molecule has 7 nitrogen and oxygen atoms in total. The van der Waals surface area contributed by atoms with E-state index in [1.165, 1.54) is 6.42 Å². The predicted molar refractivity (Wildman–Crippen MR) is 220 cm³/mol. The van der Waals surface area contributed by atoms with Crippen molar-refractivity contribution in [2.75, 3.05) is 43.2 Å². The zero-order valence-corrected chi connectivity index (χ0v) is 32.2. The number of unbranched alkanes of at least 4 members (excludes halogenated alkanes) is 3. The van der Waals surface area contributed by atoms with Crippen LogP contribution in [-0.2, 0) is 9.53 Å². The zero-order chi connectivity index (χ0) is 37.1. The average molecular weight is 751 g/mol. The van der Waals surface area contributed by atoms with Crippen molar-refractivity contribution in [3.05, 3.63) is 119 Å². The standard InChI is InChI=1S/C43H57Cl2N3O4/c1-2-3-4-5-6-7-8-9-10-11-12-13-14-15-16-17-18-19-25-42(50)52-35-48-40-34-37(28-26-36(40)27-29-41(48)49)51-33-21-20-30-46-31-32-47-39-24-22-23-38(44)43(39)45/h4-5,7-8,10-11,13-14,16-17,22-24,26-29,34,41,46-47,49H,2-3,6,9,12,15,18-21,25,30-33,35H2,1H3/b5-4-,8-7-,11-10-,14-13-,17-16-. The number of benzene rings is 2. The second kappa shape index (κ2) is 26.9. The number of hydrogen-bond acceptors (Lipinski definition) is 7. The van der Waals surface area contributed by atoms with Crippen molar-refractivity contribution in [1.29, 1.82) is 0 Å². The number of rotatable bonds is 26. The number of ether oxygens (including phenoxy) is 2. The Bertz CT molecular complexity index is 1500. The Morgan fingerprint density at radius 3 is 2.25 bits per heavy atom. The summed E-state index contributed by atoms with van der Waals surface area (Å²) in [5.74, 6) is 0.428. The number of aliphatic hydroxyl groups excluding tert-OH is 1. The molecule has 0 aliphatic carbocycles. The number of fused-ring (bicyclic) bond motifs is 1. The first kappa shape index (κ1) is 42.7. The number of nitrogens with zero attached hydrogens (tertiary/aromatic N) is 1. The van der Waals surface area contributed by atoms with Crippen LogP contribution in [0.2, 0.25) is 10.0 Å². The van der Waals surface area contributed by atoms with Gasteiger partial charge in [-0.3, -0.25) is 4.79 Å². The van der Waals surface area contributed by atoms with Gasteiger partial charge in [-0.1, -0.05) is 109 Å². The fourth-order valence-corrected chi connectivity index (χ4v) is 5.61. The average Bonchev–Trinajstić information content (AvgIpc) is 3.14. The lowest BCUT2D eigenvalue weighted by Gasteiger charge is -2.32. The van der Waals surface area contributed by atoms with Gasteiger partial charge in [0.25, 0.3) is 0 Å². The molecular weight excluding hydrogens is 693 g/mol. The molecule has 0 saturated heterocycles. The highest BCUT2D eigenvalue weighted by molar-refractivity contribution is 6.43. The number of halogens is 2. The van der Waals surface area contributed by atoms with Gasteiger partial charge in [-0.25, -0.2) is 0 Å². The predicted octanol–water partition coefficient (Wildman–Crippen LogP) is 10.8. The summed E-state index contributed by atoms with van der Waals surface area (Å²) in [7, 11) is 0. The Kier molecular flexibility index (Phi) is 22.1. The van der Waals surface area contributed by atoms with Gasteiger partial charge in [-0.2, -0.15) is 0 Å². The highest BCUT2D eigenvalue weighted by Gasteiger charge is 2.22. The third-order valence-electron chi connectivity index (χ3n) is 8.16. The molecule has 282 valence electrons. The van der Waals surface area contributed by atoms with E-state index in [0.717, 1.165) is 87.9 Å². The highest BCUT2D eigenvalue weighted by atomic mass is 35.5. The molecule has 1 unspecified atom stereocenters. The Balaban J connectivity index is 1.24. The van der Waals surface area contributed by atoms with Crippen LogP contribution in [0.5, 0.6) is 5.75 Å². The summed E-state index contributed by atoms with van der Waals surface area (Å²) in [5, 5.41) is 18.4. The highest BCUT2D eigenvalue weighted by Crippen LogP contribution is 2.32. The van der Waals surface area contributed by atoms with Crippen molar-refractivity contribution < 1.29 is 19.4 Å². The van der Waals surface area contributed by atoms with Gasteiger partial charge in [0.2, 0.25) is 0 Å². The van der Waals surface area contributed by atoms with Gasteiger partial charge in [-0.05, 0) is 100 Å². The lowest BCUT2D eigenvalue weighted by Crippen LogP contribution is -2.38. The van der Waals surface area contributed by atoms with Crippen LogP contribution in [-0.4, -0.2) is 50.3 Å². The zero-order valence-electron chi connectivity index (χ0n) is 30.7. The quantitative estimate of drug-likeness (QED) is 0.0502. The van der Waals surface area contributed by atoms with E-state index in [-0.39, 0.29) is 12.7 Å². The van der Waals surface area contributed by atoms with E-state index < -0.39 is 6.23 Å². The van der Waals surface area contributed by atoms with Gasteiger partial charge in [0.15, 0.2) is 6.73 Å². The second-order valence-corrected chi connectivity index (χ2v) is 13.2. The van der Waals surface area contributed by atoms with Crippen LogP contribution >= 0.6 is 23.2 Å².